The maximum absolute atomic E-state index is 10.8. The Kier molecular flexibility index (Phi) is 4.30. The van der Waals surface area contributed by atoms with Crippen molar-refractivity contribution in [2.24, 2.45) is 0 Å². The molecule has 20 heavy (non-hydrogen) atoms. The fraction of sp³-hybridized carbons (Fsp3) is 0.267. The summed E-state index contributed by atoms with van der Waals surface area (Å²) in [6, 6.07) is 8.69. The fourth-order valence-corrected chi connectivity index (χ4v) is 1.84. The Hall–Kier alpha value is -2.43. The van der Waals surface area contributed by atoms with Crippen LogP contribution in [-0.4, -0.2) is 21.0 Å². The first-order chi connectivity index (χ1) is 9.58. The molecule has 0 aliphatic heterocycles. The summed E-state index contributed by atoms with van der Waals surface area (Å²) < 4.78 is 0. The predicted molar refractivity (Wildman–Crippen MR) is 76.9 cm³/mol. The number of rotatable bonds is 5. The molecule has 104 valence electrons. The lowest BCUT2D eigenvalue weighted by atomic mass is 10.1. The molecule has 0 fully saturated rings. The monoisotopic (exact) mass is 271 g/mol. The standard InChI is InChI=1S/C15H17N3O2/c1-3-13-17-10(2)8-14(18-13)16-9-11-4-6-12(7-5-11)15(19)20/h4-8H,3,9H2,1-2H3,(H,19,20)(H,16,17,18). The van der Waals surface area contributed by atoms with Crippen molar-refractivity contribution >= 4 is 11.8 Å². The van der Waals surface area contributed by atoms with Gasteiger partial charge in [-0.05, 0) is 24.6 Å². The van der Waals surface area contributed by atoms with Crippen LogP contribution in [0.1, 0.15) is 34.4 Å². The number of hydrogen-bond acceptors (Lipinski definition) is 4. The Morgan fingerprint density at radius 2 is 1.95 bits per heavy atom. The lowest BCUT2D eigenvalue weighted by Gasteiger charge is -2.08. The van der Waals surface area contributed by atoms with Crippen molar-refractivity contribution in [3.8, 4) is 0 Å². The van der Waals surface area contributed by atoms with Gasteiger partial charge in [-0.2, -0.15) is 0 Å². The summed E-state index contributed by atoms with van der Waals surface area (Å²) in [5.74, 6) is 0.689. The third-order valence-electron chi connectivity index (χ3n) is 2.89. The molecule has 0 radical (unpaired) electrons. The summed E-state index contributed by atoms with van der Waals surface area (Å²) in [5, 5.41) is 12.1. The van der Waals surface area contributed by atoms with Gasteiger partial charge in [0.2, 0.25) is 0 Å². The first-order valence-electron chi connectivity index (χ1n) is 6.49. The van der Waals surface area contributed by atoms with Gasteiger partial charge in [0.05, 0.1) is 5.56 Å². The van der Waals surface area contributed by atoms with Gasteiger partial charge >= 0.3 is 5.97 Å². The summed E-state index contributed by atoms with van der Waals surface area (Å²) in [6.45, 7) is 4.55. The highest BCUT2D eigenvalue weighted by Gasteiger charge is 2.03. The number of aromatic nitrogens is 2. The largest absolute Gasteiger partial charge is 0.478 e. The quantitative estimate of drug-likeness (QED) is 0.874. The Morgan fingerprint density at radius 3 is 2.55 bits per heavy atom. The molecule has 0 aliphatic rings. The van der Waals surface area contributed by atoms with Crippen LogP contribution in [0.4, 0.5) is 5.82 Å². The summed E-state index contributed by atoms with van der Waals surface area (Å²) in [6.07, 6.45) is 0.795. The van der Waals surface area contributed by atoms with Crippen molar-refractivity contribution in [1.29, 1.82) is 0 Å². The van der Waals surface area contributed by atoms with E-state index in [0.29, 0.717) is 12.1 Å². The van der Waals surface area contributed by atoms with Gasteiger partial charge in [-0.1, -0.05) is 19.1 Å². The van der Waals surface area contributed by atoms with Crippen molar-refractivity contribution in [2.45, 2.75) is 26.8 Å². The molecule has 2 N–H and O–H groups in total. The number of nitrogens with zero attached hydrogens (tertiary/aromatic N) is 2. The van der Waals surface area contributed by atoms with Crippen LogP contribution >= 0.6 is 0 Å². The highest BCUT2D eigenvalue weighted by atomic mass is 16.4. The molecule has 0 atom stereocenters. The van der Waals surface area contributed by atoms with E-state index in [4.69, 9.17) is 5.11 Å². The van der Waals surface area contributed by atoms with Gasteiger partial charge in [-0.25, -0.2) is 14.8 Å². The van der Waals surface area contributed by atoms with E-state index < -0.39 is 5.97 Å². The highest BCUT2D eigenvalue weighted by molar-refractivity contribution is 5.87. The van der Waals surface area contributed by atoms with Gasteiger partial charge in [-0.15, -0.1) is 0 Å². The Labute approximate surface area is 117 Å². The highest BCUT2D eigenvalue weighted by Crippen LogP contribution is 2.10. The number of carbonyl (C=O) groups is 1. The van der Waals surface area contributed by atoms with Crippen LogP contribution < -0.4 is 5.32 Å². The molecular weight excluding hydrogens is 254 g/mol. The zero-order chi connectivity index (χ0) is 14.5. The maximum Gasteiger partial charge on any atom is 0.335 e. The van der Waals surface area contributed by atoms with E-state index >= 15 is 0 Å². The van der Waals surface area contributed by atoms with Crippen molar-refractivity contribution < 1.29 is 9.90 Å². The van der Waals surface area contributed by atoms with Gasteiger partial charge in [0, 0.05) is 24.7 Å². The normalized spacial score (nSPS) is 10.3. The topological polar surface area (TPSA) is 75.1 Å². The maximum atomic E-state index is 10.8. The van der Waals surface area contributed by atoms with E-state index in [9.17, 15) is 4.79 Å². The lowest BCUT2D eigenvalue weighted by molar-refractivity contribution is 0.0697. The molecule has 0 aliphatic carbocycles. The first-order valence-corrected chi connectivity index (χ1v) is 6.49. The van der Waals surface area contributed by atoms with Crippen molar-refractivity contribution in [1.82, 2.24) is 9.97 Å². The Bertz CT molecular complexity index is 609. The third-order valence-corrected chi connectivity index (χ3v) is 2.89. The molecule has 1 aromatic heterocycles. The molecule has 0 saturated heterocycles. The SMILES string of the molecule is CCc1nc(C)cc(NCc2ccc(C(=O)O)cc2)n1. The van der Waals surface area contributed by atoms with Crippen LogP contribution in [0.2, 0.25) is 0 Å². The molecule has 1 heterocycles. The van der Waals surface area contributed by atoms with Crippen molar-refractivity contribution in [3.05, 3.63) is 53.0 Å². The number of aryl methyl sites for hydroxylation is 2. The summed E-state index contributed by atoms with van der Waals surface area (Å²) >= 11 is 0. The second kappa shape index (κ2) is 6.14. The number of carboxylic acids is 1. The predicted octanol–water partition coefficient (Wildman–Crippen LogP) is 2.66. The van der Waals surface area contributed by atoms with E-state index in [1.54, 1.807) is 24.3 Å². The molecule has 2 aromatic rings. The smallest absolute Gasteiger partial charge is 0.335 e. The van der Waals surface area contributed by atoms with Crippen LogP contribution in [-0.2, 0) is 13.0 Å². The average molecular weight is 271 g/mol. The molecule has 2 rings (SSSR count). The molecule has 1 aromatic carbocycles. The van der Waals surface area contributed by atoms with Gasteiger partial charge in [0.25, 0.3) is 0 Å². The van der Waals surface area contributed by atoms with Crippen LogP contribution in [0.5, 0.6) is 0 Å². The number of aromatic carboxylic acids is 1. The molecule has 5 nitrogen and oxygen atoms in total. The van der Waals surface area contributed by atoms with E-state index in [2.05, 4.69) is 15.3 Å². The molecular formula is C15H17N3O2. The Morgan fingerprint density at radius 1 is 1.25 bits per heavy atom. The molecule has 0 saturated carbocycles. The number of nitrogens with one attached hydrogen (secondary N) is 1. The molecule has 0 bridgehead atoms. The van der Waals surface area contributed by atoms with Crippen LogP contribution in [0, 0.1) is 6.92 Å². The minimum Gasteiger partial charge on any atom is -0.478 e. The minimum atomic E-state index is -0.913. The van der Waals surface area contributed by atoms with Gasteiger partial charge in [-0.3, -0.25) is 0 Å². The zero-order valence-electron chi connectivity index (χ0n) is 11.6. The van der Waals surface area contributed by atoms with Crippen LogP contribution in [0.15, 0.2) is 30.3 Å². The molecule has 0 unspecified atom stereocenters. The van der Waals surface area contributed by atoms with Crippen molar-refractivity contribution in [3.63, 3.8) is 0 Å². The van der Waals surface area contributed by atoms with E-state index in [0.717, 1.165) is 29.3 Å². The lowest BCUT2D eigenvalue weighted by Crippen LogP contribution is -2.05. The van der Waals surface area contributed by atoms with Gasteiger partial charge in [0.1, 0.15) is 11.6 Å². The van der Waals surface area contributed by atoms with Gasteiger partial charge < -0.3 is 10.4 Å². The zero-order valence-corrected chi connectivity index (χ0v) is 11.6. The second-order valence-corrected chi connectivity index (χ2v) is 4.52. The van der Waals surface area contributed by atoms with E-state index in [-0.39, 0.29) is 0 Å². The summed E-state index contributed by atoms with van der Waals surface area (Å²) in [7, 11) is 0. The van der Waals surface area contributed by atoms with Crippen LogP contribution in [0.25, 0.3) is 0 Å². The number of benzene rings is 1. The second-order valence-electron chi connectivity index (χ2n) is 4.52. The molecule has 5 heteroatoms. The van der Waals surface area contributed by atoms with E-state index in [1.807, 2.05) is 19.9 Å². The molecule has 0 amide bonds. The Balaban J connectivity index is 2.04. The van der Waals surface area contributed by atoms with Crippen molar-refractivity contribution in [2.75, 3.05) is 5.32 Å². The summed E-state index contributed by atoms with van der Waals surface area (Å²) in [5.41, 5.74) is 2.23. The minimum absolute atomic E-state index is 0.292. The third kappa shape index (κ3) is 3.54. The van der Waals surface area contributed by atoms with Gasteiger partial charge in [0.15, 0.2) is 0 Å². The average Bonchev–Trinajstić information content (AvgIpc) is 2.45. The molecule has 0 spiro atoms. The first kappa shape index (κ1) is 14.0. The van der Waals surface area contributed by atoms with Crippen LogP contribution in [0.3, 0.4) is 0 Å². The number of anilines is 1. The fourth-order valence-electron chi connectivity index (χ4n) is 1.84. The van der Waals surface area contributed by atoms with E-state index in [1.165, 1.54) is 0 Å². The number of hydrogen-bond donors (Lipinski definition) is 2. The number of carboxylic acid groups (broad SMARTS) is 1. The summed E-state index contributed by atoms with van der Waals surface area (Å²) in [4.78, 5) is 19.5.